The first-order valence-electron chi connectivity index (χ1n) is 7.80. The number of piperazine rings is 1. The summed E-state index contributed by atoms with van der Waals surface area (Å²) in [5.74, 6) is 0.704. The lowest BCUT2D eigenvalue weighted by atomic mass is 10.0. The smallest absolute Gasteiger partial charge is 0.213 e. The molecule has 3 rings (SSSR count). The van der Waals surface area contributed by atoms with Gasteiger partial charge in [-0.15, -0.1) is 0 Å². The summed E-state index contributed by atoms with van der Waals surface area (Å²) in [6, 6.07) is 10.5. The van der Waals surface area contributed by atoms with Gasteiger partial charge in [0, 0.05) is 50.7 Å². The summed E-state index contributed by atoms with van der Waals surface area (Å²) >= 11 is 0. The maximum atomic E-state index is 5.50. The number of ether oxygens (including phenoxy) is 1. The zero-order valence-corrected chi connectivity index (χ0v) is 12.9. The molecule has 1 aliphatic heterocycles. The highest BCUT2D eigenvalue weighted by Crippen LogP contribution is 2.23. The van der Waals surface area contributed by atoms with E-state index in [-0.39, 0.29) is 0 Å². The van der Waals surface area contributed by atoms with Gasteiger partial charge in [0.2, 0.25) is 5.88 Å². The monoisotopic (exact) mass is 298 g/mol. The third kappa shape index (κ3) is 3.61. The van der Waals surface area contributed by atoms with Crippen LogP contribution in [0.15, 0.2) is 42.7 Å². The van der Waals surface area contributed by atoms with Crippen molar-refractivity contribution >= 4 is 0 Å². The number of aromatic nitrogens is 2. The Bertz CT molecular complexity index is 590. The summed E-state index contributed by atoms with van der Waals surface area (Å²) in [4.78, 5) is 11.2. The maximum Gasteiger partial charge on any atom is 0.213 e. The van der Waals surface area contributed by atoms with E-state index in [2.05, 4.69) is 38.4 Å². The third-order valence-electron chi connectivity index (χ3n) is 3.88. The number of nitrogens with one attached hydrogen (secondary N) is 1. The van der Waals surface area contributed by atoms with Gasteiger partial charge < -0.3 is 10.1 Å². The van der Waals surface area contributed by atoms with E-state index in [1.807, 2.05) is 31.5 Å². The first kappa shape index (κ1) is 14.9. The Balaban J connectivity index is 1.75. The van der Waals surface area contributed by atoms with Crippen LogP contribution in [0.3, 0.4) is 0 Å². The number of rotatable bonds is 5. The number of nitrogens with zero attached hydrogens (tertiary/aromatic N) is 3. The molecular weight excluding hydrogens is 276 g/mol. The van der Waals surface area contributed by atoms with Gasteiger partial charge in [-0.05, 0) is 30.7 Å². The van der Waals surface area contributed by atoms with Crippen molar-refractivity contribution in [2.24, 2.45) is 0 Å². The van der Waals surface area contributed by atoms with Crippen LogP contribution in [-0.2, 0) is 6.54 Å². The van der Waals surface area contributed by atoms with Gasteiger partial charge in [0.1, 0.15) is 0 Å². The minimum absolute atomic E-state index is 0.356. The quantitative estimate of drug-likeness (QED) is 0.915. The van der Waals surface area contributed by atoms with E-state index in [0.717, 1.165) is 31.9 Å². The average Bonchev–Trinajstić information content (AvgIpc) is 2.57. The van der Waals surface area contributed by atoms with Crippen LogP contribution >= 0.6 is 0 Å². The van der Waals surface area contributed by atoms with Crippen molar-refractivity contribution in [3.05, 3.63) is 54.0 Å². The van der Waals surface area contributed by atoms with E-state index in [1.54, 1.807) is 0 Å². The van der Waals surface area contributed by atoms with Crippen LogP contribution in [0.1, 0.15) is 24.2 Å². The van der Waals surface area contributed by atoms with Gasteiger partial charge in [-0.3, -0.25) is 9.88 Å². The van der Waals surface area contributed by atoms with Crippen molar-refractivity contribution in [1.29, 1.82) is 0 Å². The fourth-order valence-corrected chi connectivity index (χ4v) is 2.83. The topological polar surface area (TPSA) is 50.3 Å². The van der Waals surface area contributed by atoms with Crippen LogP contribution in [0, 0.1) is 0 Å². The highest BCUT2D eigenvalue weighted by molar-refractivity contribution is 5.19. The predicted octanol–water partition coefficient (Wildman–Crippen LogP) is 2.02. The number of hydrogen-bond acceptors (Lipinski definition) is 5. The molecule has 0 amide bonds. The van der Waals surface area contributed by atoms with E-state index in [4.69, 9.17) is 4.74 Å². The average molecular weight is 298 g/mol. The molecule has 1 fully saturated rings. The lowest BCUT2D eigenvalue weighted by Gasteiger charge is -2.36. The number of hydrogen-bond donors (Lipinski definition) is 1. The Morgan fingerprint density at radius 1 is 1.27 bits per heavy atom. The van der Waals surface area contributed by atoms with Gasteiger partial charge in [-0.2, -0.15) is 0 Å². The Morgan fingerprint density at radius 3 is 2.95 bits per heavy atom. The third-order valence-corrected chi connectivity index (χ3v) is 3.88. The van der Waals surface area contributed by atoms with Crippen molar-refractivity contribution in [3.63, 3.8) is 0 Å². The van der Waals surface area contributed by atoms with Gasteiger partial charge in [-0.25, -0.2) is 4.98 Å². The molecule has 0 aromatic carbocycles. The summed E-state index contributed by atoms with van der Waals surface area (Å²) in [6.07, 6.45) is 3.71. The zero-order chi connectivity index (χ0) is 15.2. The van der Waals surface area contributed by atoms with Crippen LogP contribution in [0.25, 0.3) is 0 Å². The van der Waals surface area contributed by atoms with E-state index >= 15 is 0 Å². The maximum absolute atomic E-state index is 5.50. The minimum Gasteiger partial charge on any atom is -0.478 e. The molecule has 5 nitrogen and oxygen atoms in total. The van der Waals surface area contributed by atoms with Crippen molar-refractivity contribution in [2.75, 3.05) is 26.2 Å². The molecule has 1 saturated heterocycles. The molecule has 1 atom stereocenters. The molecule has 2 aromatic rings. The minimum atomic E-state index is 0.356. The molecule has 1 aliphatic rings. The fraction of sp³-hybridized carbons (Fsp3) is 0.412. The second-order valence-corrected chi connectivity index (χ2v) is 5.37. The van der Waals surface area contributed by atoms with Crippen molar-refractivity contribution in [3.8, 4) is 5.88 Å². The van der Waals surface area contributed by atoms with Crippen LogP contribution in [0.2, 0.25) is 0 Å². The molecule has 0 spiro atoms. The predicted molar refractivity (Wildman–Crippen MR) is 85.7 cm³/mol. The highest BCUT2D eigenvalue weighted by atomic mass is 16.5. The lowest BCUT2D eigenvalue weighted by molar-refractivity contribution is 0.151. The molecule has 22 heavy (non-hydrogen) atoms. The Kier molecular flexibility index (Phi) is 4.98. The van der Waals surface area contributed by atoms with E-state index in [9.17, 15) is 0 Å². The molecule has 116 valence electrons. The molecule has 1 N–H and O–H groups in total. The molecule has 0 saturated carbocycles. The number of pyridine rings is 2. The fourth-order valence-electron chi connectivity index (χ4n) is 2.83. The summed E-state index contributed by atoms with van der Waals surface area (Å²) in [7, 11) is 0. The second-order valence-electron chi connectivity index (χ2n) is 5.37. The molecule has 1 unspecified atom stereocenters. The molecule has 0 bridgehead atoms. The molecule has 5 heteroatoms. The van der Waals surface area contributed by atoms with Crippen molar-refractivity contribution in [1.82, 2.24) is 20.2 Å². The van der Waals surface area contributed by atoms with Crippen LogP contribution in [-0.4, -0.2) is 41.1 Å². The SMILES string of the molecule is CCOc1cccc(CN2CCNCC2c2ccncc2)n1. The van der Waals surface area contributed by atoms with Crippen molar-refractivity contribution in [2.45, 2.75) is 19.5 Å². The van der Waals surface area contributed by atoms with Crippen LogP contribution in [0.5, 0.6) is 5.88 Å². The second kappa shape index (κ2) is 7.33. The molecule has 0 aliphatic carbocycles. The van der Waals surface area contributed by atoms with Gasteiger partial charge >= 0.3 is 0 Å². The largest absolute Gasteiger partial charge is 0.478 e. The van der Waals surface area contributed by atoms with Crippen molar-refractivity contribution < 1.29 is 4.74 Å². The van der Waals surface area contributed by atoms with Gasteiger partial charge in [-0.1, -0.05) is 6.07 Å². The van der Waals surface area contributed by atoms with Crippen LogP contribution < -0.4 is 10.1 Å². The van der Waals surface area contributed by atoms with Gasteiger partial charge in [0.05, 0.1) is 12.3 Å². The normalized spacial score (nSPS) is 19.0. The first-order chi connectivity index (χ1) is 10.9. The summed E-state index contributed by atoms with van der Waals surface area (Å²) < 4.78 is 5.50. The molecule has 2 aromatic heterocycles. The highest BCUT2D eigenvalue weighted by Gasteiger charge is 2.24. The molecular formula is C17H22N4O. The Labute approximate surface area is 131 Å². The molecule has 0 radical (unpaired) electrons. The molecule has 3 heterocycles. The zero-order valence-electron chi connectivity index (χ0n) is 12.9. The van der Waals surface area contributed by atoms with E-state index in [0.29, 0.717) is 18.5 Å². The van der Waals surface area contributed by atoms with Gasteiger partial charge in [0.25, 0.3) is 0 Å². The summed E-state index contributed by atoms with van der Waals surface area (Å²) in [6.45, 7) is 6.42. The summed E-state index contributed by atoms with van der Waals surface area (Å²) in [5.41, 5.74) is 2.34. The van der Waals surface area contributed by atoms with Gasteiger partial charge in [0.15, 0.2) is 0 Å². The first-order valence-corrected chi connectivity index (χ1v) is 7.80. The van der Waals surface area contributed by atoms with Crippen LogP contribution in [0.4, 0.5) is 0 Å². The Hall–Kier alpha value is -1.98. The Morgan fingerprint density at radius 2 is 2.14 bits per heavy atom. The lowest BCUT2D eigenvalue weighted by Crippen LogP contribution is -2.45. The standard InChI is InChI=1S/C17H22N4O/c1-2-22-17-5-3-4-15(20-17)13-21-11-10-19-12-16(21)14-6-8-18-9-7-14/h3-9,16,19H,2,10-13H2,1H3. The van der Waals surface area contributed by atoms with E-state index in [1.165, 1.54) is 5.56 Å². The van der Waals surface area contributed by atoms with E-state index < -0.39 is 0 Å². The summed E-state index contributed by atoms with van der Waals surface area (Å²) in [5, 5.41) is 3.47.